The van der Waals surface area contributed by atoms with Crippen LogP contribution in [0.25, 0.3) is 0 Å². The van der Waals surface area contributed by atoms with E-state index >= 15 is 0 Å². The maximum atomic E-state index is 12.3. The van der Waals surface area contributed by atoms with Gasteiger partial charge in [-0.2, -0.15) is 0 Å². The van der Waals surface area contributed by atoms with E-state index in [-0.39, 0.29) is 17.3 Å². The molecule has 21 heavy (non-hydrogen) atoms. The molecule has 9 heteroatoms. The van der Waals surface area contributed by atoms with Crippen molar-refractivity contribution in [1.29, 1.82) is 0 Å². The van der Waals surface area contributed by atoms with E-state index in [1.54, 1.807) is 11.8 Å². The number of hydrogen-bond donors (Lipinski definition) is 1. The van der Waals surface area contributed by atoms with Crippen LogP contribution in [0.5, 0.6) is 0 Å². The number of pyridine rings is 1. The summed E-state index contributed by atoms with van der Waals surface area (Å²) < 4.78 is 5.64. The molecule has 0 aromatic carbocycles. The number of carbonyl (C=O) groups is 1. The highest BCUT2D eigenvalue weighted by Gasteiger charge is 2.26. The molecule has 1 aliphatic rings. The molecular weight excluding hydrogens is 344 g/mol. The van der Waals surface area contributed by atoms with Gasteiger partial charge in [-0.25, -0.2) is 0 Å². The van der Waals surface area contributed by atoms with Crippen LogP contribution < -0.4 is 5.32 Å². The molecule has 1 aromatic heterocycles. The molecule has 1 atom stereocenters. The Morgan fingerprint density at radius 3 is 2.81 bits per heavy atom. The van der Waals surface area contributed by atoms with Crippen molar-refractivity contribution in [2.45, 2.75) is 13.0 Å². The lowest BCUT2D eigenvalue weighted by atomic mass is 10.2. The highest BCUT2D eigenvalue weighted by atomic mass is 79.9. The summed E-state index contributed by atoms with van der Waals surface area (Å²) in [6, 6.07) is -0.583. The molecule has 1 saturated heterocycles. The molecule has 0 saturated carbocycles. The number of anilines is 1. The Balaban J connectivity index is 2.13. The average molecular weight is 359 g/mol. The third-order valence-corrected chi connectivity index (χ3v) is 3.73. The molecule has 8 nitrogen and oxygen atoms in total. The van der Waals surface area contributed by atoms with Gasteiger partial charge in [-0.3, -0.25) is 19.9 Å². The lowest BCUT2D eigenvalue weighted by Crippen LogP contribution is -2.47. The van der Waals surface area contributed by atoms with E-state index in [9.17, 15) is 14.9 Å². The normalized spacial score (nSPS) is 16.4. The third kappa shape index (κ3) is 3.67. The Labute approximate surface area is 129 Å². The Morgan fingerprint density at radius 2 is 2.19 bits per heavy atom. The number of nitrogens with zero attached hydrogens (tertiary/aromatic N) is 3. The van der Waals surface area contributed by atoms with Crippen LogP contribution in [0, 0.1) is 10.1 Å². The molecule has 2 heterocycles. The Bertz CT molecular complexity index is 548. The standard InChI is InChI=1S/C12H15BrN4O4/c1-8(12(18)16-2-4-21-5-3-16)15-11-9(13)6-14-7-10(11)17(19)20/h6-8H,2-5H2,1H3,(H,14,15). The summed E-state index contributed by atoms with van der Waals surface area (Å²) >= 11 is 3.21. The van der Waals surface area contributed by atoms with E-state index in [2.05, 4.69) is 26.2 Å². The van der Waals surface area contributed by atoms with Crippen LogP contribution in [0.15, 0.2) is 16.9 Å². The maximum absolute atomic E-state index is 12.3. The number of ether oxygens (including phenoxy) is 1. The highest BCUT2D eigenvalue weighted by molar-refractivity contribution is 9.10. The largest absolute Gasteiger partial charge is 0.378 e. The number of amides is 1. The number of carbonyl (C=O) groups excluding carboxylic acids is 1. The first kappa shape index (κ1) is 15.6. The van der Waals surface area contributed by atoms with Crippen LogP contribution in [0.2, 0.25) is 0 Å². The maximum Gasteiger partial charge on any atom is 0.311 e. The zero-order valence-corrected chi connectivity index (χ0v) is 13.0. The minimum atomic E-state index is -0.583. The lowest BCUT2D eigenvalue weighted by molar-refractivity contribution is -0.384. The van der Waals surface area contributed by atoms with E-state index in [4.69, 9.17) is 4.74 Å². The van der Waals surface area contributed by atoms with Gasteiger partial charge < -0.3 is 15.0 Å². The first-order valence-corrected chi connectivity index (χ1v) is 7.21. The van der Waals surface area contributed by atoms with Gasteiger partial charge in [-0.05, 0) is 22.9 Å². The van der Waals surface area contributed by atoms with Crippen LogP contribution in [0.4, 0.5) is 11.4 Å². The van der Waals surface area contributed by atoms with E-state index in [1.165, 1.54) is 6.20 Å². The van der Waals surface area contributed by atoms with Gasteiger partial charge in [0.15, 0.2) is 0 Å². The Kier molecular flexibility index (Phi) is 5.07. The molecule has 0 radical (unpaired) electrons. The van der Waals surface area contributed by atoms with Gasteiger partial charge in [-0.1, -0.05) is 0 Å². The van der Waals surface area contributed by atoms with Gasteiger partial charge in [0.1, 0.15) is 17.9 Å². The number of aromatic nitrogens is 1. The molecule has 1 N–H and O–H groups in total. The van der Waals surface area contributed by atoms with Crippen molar-refractivity contribution >= 4 is 33.2 Å². The van der Waals surface area contributed by atoms with Crippen molar-refractivity contribution in [2.75, 3.05) is 31.6 Å². The molecular formula is C12H15BrN4O4. The minimum absolute atomic E-state index is 0.115. The van der Waals surface area contributed by atoms with Gasteiger partial charge in [0.2, 0.25) is 5.91 Å². The quantitative estimate of drug-likeness (QED) is 0.645. The smallest absolute Gasteiger partial charge is 0.311 e. The van der Waals surface area contributed by atoms with Gasteiger partial charge in [0.25, 0.3) is 0 Å². The number of halogens is 1. The predicted octanol–water partition coefficient (Wildman–Crippen LogP) is 1.41. The summed E-state index contributed by atoms with van der Waals surface area (Å²) in [4.78, 5) is 28.2. The van der Waals surface area contributed by atoms with Gasteiger partial charge in [0, 0.05) is 19.3 Å². The molecule has 0 aliphatic carbocycles. The topological polar surface area (TPSA) is 97.6 Å². The number of rotatable bonds is 4. The number of nitrogens with one attached hydrogen (secondary N) is 1. The molecule has 1 aliphatic heterocycles. The van der Waals surface area contributed by atoms with Gasteiger partial charge in [0.05, 0.1) is 22.6 Å². The Morgan fingerprint density at radius 1 is 1.52 bits per heavy atom. The van der Waals surface area contributed by atoms with Crippen molar-refractivity contribution in [3.63, 3.8) is 0 Å². The second-order valence-electron chi connectivity index (χ2n) is 4.58. The first-order chi connectivity index (χ1) is 10.0. The van der Waals surface area contributed by atoms with E-state index < -0.39 is 11.0 Å². The van der Waals surface area contributed by atoms with Crippen molar-refractivity contribution in [3.05, 3.63) is 27.0 Å². The fraction of sp³-hybridized carbons (Fsp3) is 0.500. The Hall–Kier alpha value is -1.74. The molecule has 0 spiro atoms. The fourth-order valence-corrected chi connectivity index (χ4v) is 2.48. The van der Waals surface area contributed by atoms with Crippen LogP contribution in [0.1, 0.15) is 6.92 Å². The summed E-state index contributed by atoms with van der Waals surface area (Å²) in [6.45, 7) is 3.76. The van der Waals surface area contributed by atoms with Crippen LogP contribution in [0.3, 0.4) is 0 Å². The number of hydrogen-bond acceptors (Lipinski definition) is 6. The molecule has 1 unspecified atom stereocenters. The van der Waals surface area contributed by atoms with Crippen molar-refractivity contribution in [2.24, 2.45) is 0 Å². The fourth-order valence-electron chi connectivity index (χ4n) is 2.04. The summed E-state index contributed by atoms with van der Waals surface area (Å²) in [5, 5.41) is 13.9. The predicted molar refractivity (Wildman–Crippen MR) is 79.1 cm³/mol. The molecule has 1 amide bonds. The van der Waals surface area contributed by atoms with Gasteiger partial charge >= 0.3 is 5.69 Å². The zero-order valence-electron chi connectivity index (χ0n) is 11.4. The highest BCUT2D eigenvalue weighted by Crippen LogP contribution is 2.31. The average Bonchev–Trinajstić information content (AvgIpc) is 2.49. The van der Waals surface area contributed by atoms with Crippen LogP contribution >= 0.6 is 15.9 Å². The summed E-state index contributed by atoms with van der Waals surface area (Å²) in [5.74, 6) is -0.115. The first-order valence-electron chi connectivity index (χ1n) is 6.41. The number of morpholine rings is 1. The van der Waals surface area contributed by atoms with Crippen molar-refractivity contribution < 1.29 is 14.5 Å². The SMILES string of the molecule is CC(Nc1c(Br)cncc1[N+](=O)[O-])C(=O)N1CCOCC1. The molecule has 1 aromatic rings. The van der Waals surface area contributed by atoms with Crippen LogP contribution in [-0.4, -0.2) is 53.1 Å². The summed E-state index contributed by atoms with van der Waals surface area (Å²) in [6.07, 6.45) is 2.60. The van der Waals surface area contributed by atoms with E-state index in [0.29, 0.717) is 30.8 Å². The lowest BCUT2D eigenvalue weighted by Gasteiger charge is -2.29. The van der Waals surface area contributed by atoms with E-state index in [0.717, 1.165) is 6.20 Å². The second-order valence-corrected chi connectivity index (χ2v) is 5.43. The molecule has 114 valence electrons. The minimum Gasteiger partial charge on any atom is -0.378 e. The summed E-state index contributed by atoms with van der Waals surface area (Å²) in [7, 11) is 0. The second kappa shape index (κ2) is 6.81. The molecule has 0 bridgehead atoms. The zero-order chi connectivity index (χ0) is 15.4. The van der Waals surface area contributed by atoms with E-state index in [1.807, 2.05) is 0 Å². The van der Waals surface area contributed by atoms with Crippen molar-refractivity contribution in [1.82, 2.24) is 9.88 Å². The summed E-state index contributed by atoms with van der Waals surface area (Å²) in [5.41, 5.74) is 0.0788. The van der Waals surface area contributed by atoms with Crippen LogP contribution in [-0.2, 0) is 9.53 Å². The monoisotopic (exact) mass is 358 g/mol. The molecule has 2 rings (SSSR count). The van der Waals surface area contributed by atoms with Crippen molar-refractivity contribution in [3.8, 4) is 0 Å². The molecule has 1 fully saturated rings. The third-order valence-electron chi connectivity index (χ3n) is 3.13. The number of nitro groups is 1. The van der Waals surface area contributed by atoms with Gasteiger partial charge in [-0.15, -0.1) is 0 Å².